The zero-order valence-electron chi connectivity index (χ0n) is 21.8. The summed E-state index contributed by atoms with van der Waals surface area (Å²) in [6.45, 7) is 8.57. The maximum Gasteiger partial charge on any atom is 0.345 e. The van der Waals surface area contributed by atoms with Crippen LogP contribution in [0.1, 0.15) is 45.2 Å². The number of benzene rings is 2. The van der Waals surface area contributed by atoms with Crippen LogP contribution in [0.15, 0.2) is 60.7 Å². The molecule has 0 aromatic heterocycles. The van der Waals surface area contributed by atoms with Gasteiger partial charge in [0.25, 0.3) is 0 Å². The zero-order chi connectivity index (χ0) is 26.4. The van der Waals surface area contributed by atoms with Crippen LogP contribution in [-0.4, -0.2) is 54.5 Å². The van der Waals surface area contributed by atoms with E-state index in [2.05, 4.69) is 4.90 Å². The Kier molecular flexibility index (Phi) is 13.6. The van der Waals surface area contributed by atoms with Crippen LogP contribution in [0.25, 0.3) is 0 Å². The Morgan fingerprint density at radius 3 is 1.39 bits per heavy atom. The smallest absolute Gasteiger partial charge is 0.345 e. The van der Waals surface area contributed by atoms with E-state index in [0.29, 0.717) is 13.1 Å². The molecule has 0 fully saturated rings. The Labute approximate surface area is 216 Å². The molecule has 1 unspecified atom stereocenters. The Balaban J connectivity index is 2.33. The summed E-state index contributed by atoms with van der Waals surface area (Å²) in [6, 6.07) is 20.0. The number of hydrogen-bond acceptors (Lipinski definition) is 8. The second kappa shape index (κ2) is 15.8. The maximum absolute atomic E-state index is 13.8. The third-order valence-electron chi connectivity index (χ3n) is 5.42. The predicted molar refractivity (Wildman–Crippen MR) is 143 cm³/mol. The quantitative estimate of drug-likeness (QED) is 0.220. The van der Waals surface area contributed by atoms with Crippen molar-refractivity contribution in [1.29, 1.82) is 0 Å². The summed E-state index contributed by atoms with van der Waals surface area (Å²) in [7, 11) is -7.86. The normalized spacial score (nSPS) is 13.4. The summed E-state index contributed by atoms with van der Waals surface area (Å²) in [4.78, 5) is 2.10. The Hall–Kier alpha value is -1.34. The fourth-order valence-corrected chi connectivity index (χ4v) is 9.52. The summed E-state index contributed by atoms with van der Waals surface area (Å²) in [5.41, 5.74) is 2.20. The minimum atomic E-state index is -3.93. The molecule has 0 aliphatic heterocycles. The maximum atomic E-state index is 13.8. The van der Waals surface area contributed by atoms with Gasteiger partial charge >= 0.3 is 15.2 Å². The minimum Gasteiger partial charge on any atom is -0.392 e. The van der Waals surface area contributed by atoms with Gasteiger partial charge in [0.15, 0.2) is 5.40 Å². The lowest BCUT2D eigenvalue weighted by Gasteiger charge is -2.33. The first kappa shape index (κ1) is 30.9. The van der Waals surface area contributed by atoms with Crippen molar-refractivity contribution in [3.8, 4) is 0 Å². The van der Waals surface area contributed by atoms with Gasteiger partial charge in [0.2, 0.25) is 0 Å². The van der Waals surface area contributed by atoms with E-state index in [4.69, 9.17) is 18.1 Å². The first-order valence-corrected chi connectivity index (χ1v) is 15.8. The van der Waals surface area contributed by atoms with Crippen molar-refractivity contribution >= 4 is 15.2 Å². The van der Waals surface area contributed by atoms with E-state index in [1.165, 1.54) is 0 Å². The van der Waals surface area contributed by atoms with E-state index in [0.717, 1.165) is 11.1 Å². The van der Waals surface area contributed by atoms with Crippen molar-refractivity contribution in [2.24, 2.45) is 0 Å². The Morgan fingerprint density at radius 2 is 1.06 bits per heavy atom. The van der Waals surface area contributed by atoms with Gasteiger partial charge in [0.1, 0.15) is 0 Å². The van der Waals surface area contributed by atoms with E-state index in [1.54, 1.807) is 27.7 Å². The zero-order valence-corrected chi connectivity index (χ0v) is 23.6. The monoisotopic (exact) mass is 541 g/mol. The standard InChI is InChI=1S/C26H41NO7P2/c1-5-31-35(29,32-6-2)26(36(30,33-7-3)34-8-4)19-25(28)22-27(20-23-15-11-9-12-16-23)21-24-17-13-10-14-18-24/h9-18,25-26,28H,5-8,19-22H2,1-4H3. The molecular formula is C26H41NO7P2. The molecule has 0 saturated heterocycles. The molecule has 0 radical (unpaired) electrons. The van der Waals surface area contributed by atoms with E-state index in [9.17, 15) is 14.2 Å². The van der Waals surface area contributed by atoms with Crippen LogP contribution in [-0.2, 0) is 40.3 Å². The third kappa shape index (κ3) is 9.51. The molecule has 36 heavy (non-hydrogen) atoms. The summed E-state index contributed by atoms with van der Waals surface area (Å²) < 4.78 is 49.8. The van der Waals surface area contributed by atoms with Crippen LogP contribution in [0.5, 0.6) is 0 Å². The average Bonchev–Trinajstić information content (AvgIpc) is 2.84. The molecule has 2 aromatic rings. The van der Waals surface area contributed by atoms with Crippen LogP contribution >= 0.6 is 15.2 Å². The molecule has 0 bridgehead atoms. The van der Waals surface area contributed by atoms with Crippen molar-refractivity contribution in [2.75, 3.05) is 33.0 Å². The van der Waals surface area contributed by atoms with E-state index < -0.39 is 26.7 Å². The van der Waals surface area contributed by atoms with Gasteiger partial charge in [-0.15, -0.1) is 0 Å². The molecule has 10 heteroatoms. The van der Waals surface area contributed by atoms with Gasteiger partial charge in [-0.3, -0.25) is 14.0 Å². The van der Waals surface area contributed by atoms with E-state index >= 15 is 0 Å². The highest BCUT2D eigenvalue weighted by molar-refractivity contribution is 7.72. The molecule has 202 valence electrons. The number of nitrogens with zero attached hydrogens (tertiary/aromatic N) is 1. The largest absolute Gasteiger partial charge is 0.392 e. The second-order valence-corrected chi connectivity index (χ2v) is 13.1. The van der Waals surface area contributed by atoms with Crippen LogP contribution in [0, 0.1) is 0 Å². The number of aliphatic hydroxyl groups is 1. The van der Waals surface area contributed by atoms with Gasteiger partial charge in [-0.2, -0.15) is 0 Å². The van der Waals surface area contributed by atoms with Gasteiger partial charge in [-0.25, -0.2) is 0 Å². The van der Waals surface area contributed by atoms with Crippen molar-refractivity contribution in [3.05, 3.63) is 71.8 Å². The van der Waals surface area contributed by atoms with E-state index in [-0.39, 0.29) is 39.4 Å². The Bertz CT molecular complexity index is 870. The van der Waals surface area contributed by atoms with Crippen LogP contribution in [0.2, 0.25) is 0 Å². The topological polar surface area (TPSA) is 94.5 Å². The molecule has 2 aromatic carbocycles. The van der Waals surface area contributed by atoms with Gasteiger partial charge in [0, 0.05) is 26.1 Å². The van der Waals surface area contributed by atoms with Crippen molar-refractivity contribution in [3.63, 3.8) is 0 Å². The second-order valence-electron chi connectivity index (χ2n) is 8.26. The summed E-state index contributed by atoms with van der Waals surface area (Å²) in [5, 5.41) is 9.98. The number of rotatable bonds is 18. The number of aliphatic hydroxyl groups excluding tert-OH is 1. The van der Waals surface area contributed by atoms with Gasteiger partial charge in [-0.1, -0.05) is 60.7 Å². The molecule has 0 heterocycles. The van der Waals surface area contributed by atoms with Crippen LogP contribution < -0.4 is 0 Å². The van der Waals surface area contributed by atoms with Gasteiger partial charge in [-0.05, 0) is 38.8 Å². The number of hydrogen-bond donors (Lipinski definition) is 1. The summed E-state index contributed by atoms with van der Waals surface area (Å²) in [5.74, 6) is 0. The minimum absolute atomic E-state index is 0.0935. The molecule has 0 aliphatic carbocycles. The molecule has 1 atom stereocenters. The van der Waals surface area contributed by atoms with Gasteiger partial charge in [0.05, 0.1) is 32.5 Å². The van der Waals surface area contributed by atoms with Crippen LogP contribution in [0.4, 0.5) is 0 Å². The van der Waals surface area contributed by atoms with Crippen molar-refractivity contribution in [1.82, 2.24) is 4.90 Å². The lowest BCUT2D eigenvalue weighted by molar-refractivity contribution is 0.0934. The lowest BCUT2D eigenvalue weighted by Crippen LogP contribution is -2.34. The third-order valence-corrected chi connectivity index (χ3v) is 11.5. The highest BCUT2D eigenvalue weighted by atomic mass is 31.2. The molecule has 0 amide bonds. The predicted octanol–water partition coefficient (Wildman–Crippen LogP) is 6.30. The highest BCUT2D eigenvalue weighted by Gasteiger charge is 2.51. The van der Waals surface area contributed by atoms with Crippen molar-refractivity contribution < 1.29 is 32.3 Å². The summed E-state index contributed by atoms with van der Waals surface area (Å²) >= 11 is 0. The van der Waals surface area contributed by atoms with Crippen LogP contribution in [0.3, 0.4) is 0 Å². The van der Waals surface area contributed by atoms with Crippen molar-refractivity contribution in [2.45, 2.75) is 58.7 Å². The summed E-state index contributed by atoms with van der Waals surface area (Å²) in [6.07, 6.45) is -1.12. The van der Waals surface area contributed by atoms with Gasteiger partial charge < -0.3 is 23.2 Å². The van der Waals surface area contributed by atoms with E-state index in [1.807, 2.05) is 60.7 Å². The first-order valence-electron chi connectivity index (χ1n) is 12.6. The Morgan fingerprint density at radius 1 is 0.694 bits per heavy atom. The molecule has 0 saturated carbocycles. The lowest BCUT2D eigenvalue weighted by atomic mass is 10.1. The molecule has 0 aliphatic rings. The molecule has 8 nitrogen and oxygen atoms in total. The molecular weight excluding hydrogens is 500 g/mol. The average molecular weight is 542 g/mol. The molecule has 1 N–H and O–H groups in total. The molecule has 2 rings (SSSR count). The first-order chi connectivity index (χ1) is 17.3. The fraction of sp³-hybridized carbons (Fsp3) is 0.538. The molecule has 0 spiro atoms. The fourth-order valence-electron chi connectivity index (χ4n) is 4.05. The SMILES string of the molecule is CCOP(=O)(OCC)C(CC(O)CN(Cc1ccccc1)Cc1ccccc1)P(=O)(OCC)OCC. The highest BCUT2D eigenvalue weighted by Crippen LogP contribution is 2.71.